The Kier molecular flexibility index (Phi) is 9.29. The van der Waals surface area contributed by atoms with Gasteiger partial charge in [-0.1, -0.05) is 12.2 Å². The van der Waals surface area contributed by atoms with Crippen molar-refractivity contribution in [3.63, 3.8) is 0 Å². The van der Waals surface area contributed by atoms with E-state index in [1.165, 1.54) is 12.2 Å². The maximum atomic E-state index is 9.65. The first kappa shape index (κ1) is 11.5. The third kappa shape index (κ3) is 10.5. The van der Waals surface area contributed by atoms with E-state index in [0.29, 0.717) is 13.1 Å². The van der Waals surface area contributed by atoms with E-state index in [1.54, 1.807) is 0 Å². The zero-order valence-electron chi connectivity index (χ0n) is 7.40. The van der Waals surface area contributed by atoms with Gasteiger partial charge in [-0.05, 0) is 19.3 Å². The molecule has 0 unspecified atom stereocenters. The van der Waals surface area contributed by atoms with E-state index in [1.807, 2.05) is 12.2 Å². The predicted molar refractivity (Wildman–Crippen MR) is 49.0 cm³/mol. The number of isocyanates is 2. The summed E-state index contributed by atoms with van der Waals surface area (Å²) >= 11 is 0. The molecule has 0 amide bonds. The molecule has 0 spiro atoms. The minimum atomic E-state index is 0.493. The first-order valence-electron chi connectivity index (χ1n) is 4.14. The summed E-state index contributed by atoms with van der Waals surface area (Å²) in [5.74, 6) is 0. The van der Waals surface area contributed by atoms with Crippen molar-refractivity contribution >= 4 is 12.2 Å². The van der Waals surface area contributed by atoms with Gasteiger partial charge in [0.2, 0.25) is 12.2 Å². The molecule has 13 heavy (non-hydrogen) atoms. The Morgan fingerprint density at radius 1 is 0.923 bits per heavy atom. The first-order valence-corrected chi connectivity index (χ1v) is 4.14. The number of carbonyl (C=O) groups excluding carboxylic acids is 2. The predicted octanol–water partition coefficient (Wildman–Crippen LogP) is 1.38. The van der Waals surface area contributed by atoms with Gasteiger partial charge in [0.15, 0.2) is 0 Å². The summed E-state index contributed by atoms with van der Waals surface area (Å²) in [6.07, 6.45) is 9.38. The lowest BCUT2D eigenvalue weighted by atomic mass is 10.2. The van der Waals surface area contributed by atoms with E-state index in [4.69, 9.17) is 0 Å². The summed E-state index contributed by atoms with van der Waals surface area (Å²) in [5, 5.41) is 0. The van der Waals surface area contributed by atoms with Gasteiger partial charge in [-0.15, -0.1) is 0 Å². The maximum absolute atomic E-state index is 9.65. The fourth-order valence-corrected chi connectivity index (χ4v) is 0.754. The van der Waals surface area contributed by atoms with Crippen molar-refractivity contribution in [3.8, 4) is 0 Å². The fourth-order valence-electron chi connectivity index (χ4n) is 0.754. The van der Waals surface area contributed by atoms with Crippen LogP contribution in [0.4, 0.5) is 0 Å². The summed E-state index contributed by atoms with van der Waals surface area (Å²) in [4.78, 5) is 26.1. The van der Waals surface area contributed by atoms with Crippen molar-refractivity contribution in [2.45, 2.75) is 19.3 Å². The quantitative estimate of drug-likeness (QED) is 0.257. The molecule has 0 aliphatic carbocycles. The van der Waals surface area contributed by atoms with Crippen LogP contribution in [-0.2, 0) is 9.59 Å². The van der Waals surface area contributed by atoms with Gasteiger partial charge >= 0.3 is 0 Å². The fraction of sp³-hybridized carbons (Fsp3) is 0.556. The molecule has 0 aromatic rings. The molecule has 0 bridgehead atoms. The first-order chi connectivity index (χ1) is 6.41. The zero-order valence-corrected chi connectivity index (χ0v) is 7.40. The normalized spacial score (nSPS) is 9.23. The molecule has 0 aromatic carbocycles. The van der Waals surface area contributed by atoms with Crippen LogP contribution in [-0.4, -0.2) is 25.2 Å². The van der Waals surface area contributed by atoms with Gasteiger partial charge in [0, 0.05) is 0 Å². The standard InChI is InChI=1S/C9H12N2O2/c12-8-10-6-4-2-1-3-5-7-11-9-13/h1-2H,3-7H2. The molecule has 0 aliphatic heterocycles. The molecule has 0 aromatic heterocycles. The lowest BCUT2D eigenvalue weighted by Gasteiger charge is -1.87. The second kappa shape index (κ2) is 10.5. The second-order valence-electron chi connectivity index (χ2n) is 2.35. The zero-order chi connectivity index (χ0) is 9.78. The number of allylic oxidation sites excluding steroid dienone is 1. The monoisotopic (exact) mass is 180 g/mol. The number of hydrogen-bond donors (Lipinski definition) is 0. The van der Waals surface area contributed by atoms with E-state index in [0.717, 1.165) is 19.3 Å². The van der Waals surface area contributed by atoms with Gasteiger partial charge in [0.1, 0.15) is 0 Å². The average Bonchev–Trinajstić information content (AvgIpc) is 2.16. The highest BCUT2D eigenvalue weighted by molar-refractivity contribution is 5.33. The van der Waals surface area contributed by atoms with E-state index in [2.05, 4.69) is 9.98 Å². The number of nitrogens with zero attached hydrogens (tertiary/aromatic N) is 2. The third-order valence-electron chi connectivity index (χ3n) is 1.34. The van der Waals surface area contributed by atoms with Gasteiger partial charge < -0.3 is 0 Å². The Bertz CT molecular complexity index is 236. The number of rotatable bonds is 7. The van der Waals surface area contributed by atoms with E-state index >= 15 is 0 Å². The summed E-state index contributed by atoms with van der Waals surface area (Å²) in [7, 11) is 0. The topological polar surface area (TPSA) is 58.9 Å². The highest BCUT2D eigenvalue weighted by Crippen LogP contribution is 1.93. The van der Waals surface area contributed by atoms with Gasteiger partial charge in [-0.3, -0.25) is 0 Å². The summed E-state index contributed by atoms with van der Waals surface area (Å²) in [6.45, 7) is 1.02. The lowest BCUT2D eigenvalue weighted by Crippen LogP contribution is -1.78. The van der Waals surface area contributed by atoms with Crippen LogP contribution in [0.1, 0.15) is 19.3 Å². The van der Waals surface area contributed by atoms with Crippen molar-refractivity contribution in [2.24, 2.45) is 9.98 Å². The third-order valence-corrected chi connectivity index (χ3v) is 1.34. The average molecular weight is 180 g/mol. The smallest absolute Gasteiger partial charge is 0.211 e. The minimum absolute atomic E-state index is 0.493. The van der Waals surface area contributed by atoms with Crippen LogP contribution >= 0.6 is 0 Å². The Morgan fingerprint density at radius 2 is 1.54 bits per heavy atom. The molecule has 4 nitrogen and oxygen atoms in total. The summed E-state index contributed by atoms with van der Waals surface area (Å²) in [6, 6.07) is 0. The second-order valence-corrected chi connectivity index (χ2v) is 2.35. The van der Waals surface area contributed by atoms with Crippen LogP contribution < -0.4 is 0 Å². The van der Waals surface area contributed by atoms with Crippen LogP contribution in [0.15, 0.2) is 22.1 Å². The van der Waals surface area contributed by atoms with Crippen molar-refractivity contribution in [3.05, 3.63) is 12.2 Å². The molecule has 0 atom stereocenters. The molecule has 0 fully saturated rings. The Morgan fingerprint density at radius 3 is 2.23 bits per heavy atom. The van der Waals surface area contributed by atoms with Gasteiger partial charge in [-0.2, -0.15) is 0 Å². The maximum Gasteiger partial charge on any atom is 0.234 e. The Balaban J connectivity index is 3.21. The molecule has 0 aliphatic rings. The Hall–Kier alpha value is -1.50. The van der Waals surface area contributed by atoms with Crippen LogP contribution in [0.2, 0.25) is 0 Å². The van der Waals surface area contributed by atoms with Crippen LogP contribution in [0.5, 0.6) is 0 Å². The Labute approximate surface area is 77.1 Å². The van der Waals surface area contributed by atoms with Crippen LogP contribution in [0.3, 0.4) is 0 Å². The largest absolute Gasteiger partial charge is 0.234 e. The molecule has 0 saturated heterocycles. The number of unbranched alkanes of at least 4 members (excludes halogenated alkanes) is 1. The highest BCUT2D eigenvalue weighted by Gasteiger charge is 1.81. The summed E-state index contributed by atoms with van der Waals surface area (Å²) in [5.41, 5.74) is 0. The number of aliphatic imine (C=N–C) groups is 2. The van der Waals surface area contributed by atoms with Gasteiger partial charge in [0.05, 0.1) is 13.1 Å². The van der Waals surface area contributed by atoms with Crippen molar-refractivity contribution in [2.75, 3.05) is 13.1 Å². The van der Waals surface area contributed by atoms with Crippen LogP contribution in [0.25, 0.3) is 0 Å². The van der Waals surface area contributed by atoms with Gasteiger partial charge in [-0.25, -0.2) is 19.6 Å². The molecule has 0 saturated carbocycles. The molecule has 70 valence electrons. The van der Waals surface area contributed by atoms with Gasteiger partial charge in [0.25, 0.3) is 0 Å². The SMILES string of the molecule is O=C=NCCC=CCCCN=C=O. The van der Waals surface area contributed by atoms with E-state index in [9.17, 15) is 9.59 Å². The van der Waals surface area contributed by atoms with Crippen molar-refractivity contribution < 1.29 is 9.59 Å². The molecule has 0 radical (unpaired) electrons. The minimum Gasteiger partial charge on any atom is -0.211 e. The molecule has 4 heteroatoms. The van der Waals surface area contributed by atoms with E-state index in [-0.39, 0.29) is 0 Å². The molecular formula is C9H12N2O2. The molecule has 0 heterocycles. The van der Waals surface area contributed by atoms with Crippen molar-refractivity contribution in [1.82, 2.24) is 0 Å². The molecular weight excluding hydrogens is 168 g/mol. The number of hydrogen-bond acceptors (Lipinski definition) is 4. The lowest BCUT2D eigenvalue weighted by molar-refractivity contribution is 0.562. The highest BCUT2D eigenvalue weighted by atomic mass is 16.1. The van der Waals surface area contributed by atoms with E-state index < -0.39 is 0 Å². The molecule has 0 rings (SSSR count). The van der Waals surface area contributed by atoms with Crippen molar-refractivity contribution in [1.29, 1.82) is 0 Å². The summed E-state index contributed by atoms with van der Waals surface area (Å²) < 4.78 is 0. The molecule has 0 N–H and O–H groups in total. The van der Waals surface area contributed by atoms with Crippen LogP contribution in [0, 0.1) is 0 Å².